The Kier molecular flexibility index (Phi) is 6.95. The maximum absolute atomic E-state index is 11.7. The van der Waals surface area contributed by atoms with E-state index < -0.39 is 26.0 Å². The van der Waals surface area contributed by atoms with E-state index in [0.29, 0.717) is 13.0 Å². The second kappa shape index (κ2) is 7.84. The fourth-order valence-corrected chi connectivity index (χ4v) is 3.29. The van der Waals surface area contributed by atoms with Crippen LogP contribution >= 0.6 is 10.7 Å². The van der Waals surface area contributed by atoms with Crippen molar-refractivity contribution in [3.05, 3.63) is 0 Å². The minimum absolute atomic E-state index is 0.159. The molecule has 0 radical (unpaired) electrons. The normalized spacial score (nSPS) is 24.6. The van der Waals surface area contributed by atoms with Gasteiger partial charge in [0.1, 0.15) is 5.60 Å². The lowest BCUT2D eigenvalue weighted by Crippen LogP contribution is -2.44. The highest BCUT2D eigenvalue weighted by molar-refractivity contribution is 8.14. The SMILES string of the molecule is CC(CC1CNCCC1CNC(=O)OC(C)(C)C)S(=O)(=O)Cl. The third kappa shape index (κ3) is 7.15. The highest BCUT2D eigenvalue weighted by atomic mass is 35.7. The van der Waals surface area contributed by atoms with Crippen molar-refractivity contribution in [3.8, 4) is 0 Å². The average molecular weight is 355 g/mol. The summed E-state index contributed by atoms with van der Waals surface area (Å²) < 4.78 is 28.0. The lowest BCUT2D eigenvalue weighted by molar-refractivity contribution is 0.0507. The van der Waals surface area contributed by atoms with Crippen LogP contribution in [0.1, 0.15) is 40.5 Å². The third-order valence-corrected chi connectivity index (χ3v) is 5.85. The van der Waals surface area contributed by atoms with Gasteiger partial charge in [-0.15, -0.1) is 0 Å². The lowest BCUT2D eigenvalue weighted by atomic mass is 9.83. The molecule has 0 aromatic carbocycles. The van der Waals surface area contributed by atoms with Crippen LogP contribution < -0.4 is 10.6 Å². The Morgan fingerprint density at radius 1 is 1.41 bits per heavy atom. The highest BCUT2D eigenvalue weighted by Gasteiger charge is 2.30. The number of carbonyl (C=O) groups excluding carboxylic acids is 1. The van der Waals surface area contributed by atoms with Crippen molar-refractivity contribution in [1.82, 2.24) is 10.6 Å². The Hall–Kier alpha value is -0.530. The van der Waals surface area contributed by atoms with Crippen molar-refractivity contribution >= 4 is 25.8 Å². The predicted octanol–water partition coefficient (Wildman–Crippen LogP) is 2.08. The van der Waals surface area contributed by atoms with Gasteiger partial charge in [-0.25, -0.2) is 13.2 Å². The zero-order valence-electron chi connectivity index (χ0n) is 13.7. The molecule has 1 aliphatic rings. The van der Waals surface area contributed by atoms with E-state index in [-0.39, 0.29) is 11.8 Å². The molecular weight excluding hydrogens is 328 g/mol. The van der Waals surface area contributed by atoms with Crippen LogP contribution in [0.4, 0.5) is 4.79 Å². The monoisotopic (exact) mass is 354 g/mol. The molecule has 1 amide bonds. The number of hydrogen-bond acceptors (Lipinski definition) is 5. The third-order valence-electron chi connectivity index (χ3n) is 3.79. The Morgan fingerprint density at radius 3 is 2.59 bits per heavy atom. The van der Waals surface area contributed by atoms with E-state index in [1.807, 2.05) is 20.8 Å². The summed E-state index contributed by atoms with van der Waals surface area (Å²) in [6.45, 7) is 9.13. The topological polar surface area (TPSA) is 84.5 Å². The van der Waals surface area contributed by atoms with Crippen molar-refractivity contribution in [2.24, 2.45) is 11.8 Å². The van der Waals surface area contributed by atoms with Gasteiger partial charge < -0.3 is 15.4 Å². The number of ether oxygens (including phenoxy) is 1. The van der Waals surface area contributed by atoms with E-state index in [1.165, 1.54) is 0 Å². The van der Waals surface area contributed by atoms with E-state index in [0.717, 1.165) is 19.5 Å². The number of nitrogens with one attached hydrogen (secondary N) is 2. The van der Waals surface area contributed by atoms with E-state index in [4.69, 9.17) is 15.4 Å². The maximum Gasteiger partial charge on any atom is 0.407 e. The van der Waals surface area contributed by atoms with Crippen molar-refractivity contribution in [1.29, 1.82) is 0 Å². The molecule has 0 spiro atoms. The first-order valence-electron chi connectivity index (χ1n) is 7.60. The van der Waals surface area contributed by atoms with E-state index in [2.05, 4.69) is 10.6 Å². The quantitative estimate of drug-likeness (QED) is 0.738. The second-order valence-electron chi connectivity index (χ2n) is 6.92. The largest absolute Gasteiger partial charge is 0.444 e. The molecule has 1 saturated heterocycles. The number of rotatable bonds is 5. The van der Waals surface area contributed by atoms with Gasteiger partial charge in [0.2, 0.25) is 9.05 Å². The lowest BCUT2D eigenvalue weighted by Gasteiger charge is -2.33. The van der Waals surface area contributed by atoms with Gasteiger partial charge in [0, 0.05) is 17.2 Å². The first-order valence-corrected chi connectivity index (χ1v) is 9.97. The Labute approximate surface area is 137 Å². The molecule has 0 aromatic rings. The van der Waals surface area contributed by atoms with Crippen LogP contribution in [0.25, 0.3) is 0 Å². The van der Waals surface area contributed by atoms with E-state index in [9.17, 15) is 13.2 Å². The van der Waals surface area contributed by atoms with Crippen molar-refractivity contribution in [3.63, 3.8) is 0 Å². The Bertz CT molecular complexity index is 476. The van der Waals surface area contributed by atoms with Crippen molar-refractivity contribution in [2.45, 2.75) is 51.4 Å². The van der Waals surface area contributed by atoms with Crippen LogP contribution in [0.3, 0.4) is 0 Å². The molecule has 8 heteroatoms. The first-order chi connectivity index (χ1) is 9.99. The summed E-state index contributed by atoms with van der Waals surface area (Å²) in [6.07, 6.45) is 0.928. The molecular formula is C14H27ClN2O4S. The van der Waals surface area contributed by atoms with Gasteiger partial charge in [0.25, 0.3) is 0 Å². The van der Waals surface area contributed by atoms with Crippen LogP contribution in [-0.4, -0.2) is 45.0 Å². The zero-order chi connectivity index (χ0) is 17.0. The number of hydrogen-bond donors (Lipinski definition) is 2. The highest BCUT2D eigenvalue weighted by Crippen LogP contribution is 2.26. The average Bonchev–Trinajstić information content (AvgIpc) is 2.34. The number of piperidine rings is 1. The summed E-state index contributed by atoms with van der Waals surface area (Å²) in [6, 6.07) is 0. The van der Waals surface area contributed by atoms with Crippen molar-refractivity contribution in [2.75, 3.05) is 19.6 Å². The number of amides is 1. The van der Waals surface area contributed by atoms with Crippen LogP contribution in [0.2, 0.25) is 0 Å². The van der Waals surface area contributed by atoms with Gasteiger partial charge in [0.15, 0.2) is 0 Å². The summed E-state index contributed by atoms with van der Waals surface area (Å²) in [7, 11) is 1.86. The standard InChI is InChI=1S/C14H27ClN2O4S/c1-10(22(15,19)20)7-12-8-16-6-5-11(12)9-17-13(18)21-14(2,3)4/h10-12,16H,5-9H2,1-4H3,(H,17,18). The summed E-state index contributed by atoms with van der Waals surface area (Å²) in [5.41, 5.74) is -0.529. The van der Waals surface area contributed by atoms with E-state index in [1.54, 1.807) is 6.92 Å². The molecule has 22 heavy (non-hydrogen) atoms. The predicted molar refractivity (Wildman–Crippen MR) is 87.6 cm³/mol. The fraction of sp³-hybridized carbons (Fsp3) is 0.929. The minimum Gasteiger partial charge on any atom is -0.444 e. The molecule has 0 bridgehead atoms. The van der Waals surface area contributed by atoms with E-state index >= 15 is 0 Å². The molecule has 1 rings (SSSR count). The fourth-order valence-electron chi connectivity index (χ4n) is 2.59. The van der Waals surface area contributed by atoms with Crippen molar-refractivity contribution < 1.29 is 17.9 Å². The Balaban J connectivity index is 2.53. The number of halogens is 1. The molecule has 3 unspecified atom stereocenters. The second-order valence-corrected chi connectivity index (χ2v) is 9.96. The number of carbonyl (C=O) groups is 1. The van der Waals surface area contributed by atoms with Gasteiger partial charge in [0.05, 0.1) is 5.25 Å². The molecule has 0 saturated carbocycles. The molecule has 0 aliphatic carbocycles. The van der Waals surface area contributed by atoms with Crippen LogP contribution in [-0.2, 0) is 13.8 Å². The summed E-state index contributed by atoms with van der Waals surface area (Å²) in [5, 5.41) is 5.45. The smallest absolute Gasteiger partial charge is 0.407 e. The van der Waals surface area contributed by atoms with Crippen LogP contribution in [0.5, 0.6) is 0 Å². The molecule has 6 nitrogen and oxygen atoms in total. The van der Waals surface area contributed by atoms with Crippen LogP contribution in [0.15, 0.2) is 0 Å². The molecule has 1 heterocycles. The number of alkyl carbamates (subject to hydrolysis) is 1. The van der Waals surface area contributed by atoms with Gasteiger partial charge in [-0.1, -0.05) is 0 Å². The molecule has 0 aromatic heterocycles. The summed E-state index contributed by atoms with van der Waals surface area (Å²) in [4.78, 5) is 11.7. The minimum atomic E-state index is -3.55. The Morgan fingerprint density at radius 2 is 2.05 bits per heavy atom. The molecule has 130 valence electrons. The first kappa shape index (κ1) is 19.5. The molecule has 1 fully saturated rings. The summed E-state index contributed by atoms with van der Waals surface area (Å²) in [5.74, 6) is 0.377. The summed E-state index contributed by atoms with van der Waals surface area (Å²) >= 11 is 0. The van der Waals surface area contributed by atoms with Gasteiger partial charge in [-0.2, -0.15) is 0 Å². The molecule has 2 N–H and O–H groups in total. The molecule has 1 aliphatic heterocycles. The molecule has 3 atom stereocenters. The zero-order valence-corrected chi connectivity index (χ0v) is 15.3. The van der Waals surface area contributed by atoms with Gasteiger partial charge in [-0.3, -0.25) is 0 Å². The van der Waals surface area contributed by atoms with Gasteiger partial charge >= 0.3 is 6.09 Å². The van der Waals surface area contributed by atoms with Crippen LogP contribution in [0, 0.1) is 11.8 Å². The van der Waals surface area contributed by atoms with Gasteiger partial charge in [-0.05, 0) is 65.5 Å². The maximum atomic E-state index is 11.7.